The lowest BCUT2D eigenvalue weighted by Gasteiger charge is -2.49. The molecule has 0 amide bonds. The van der Waals surface area contributed by atoms with Gasteiger partial charge in [-0.1, -0.05) is 0 Å². The van der Waals surface area contributed by atoms with E-state index in [1.54, 1.807) is 0 Å². The van der Waals surface area contributed by atoms with E-state index in [1.807, 2.05) is 0 Å². The monoisotopic (exact) mass is 241 g/mol. The molecule has 17 heavy (non-hydrogen) atoms. The fourth-order valence-electron chi connectivity index (χ4n) is 3.18. The molecule has 4 heteroatoms. The van der Waals surface area contributed by atoms with Crippen molar-refractivity contribution in [3.8, 4) is 0 Å². The first kappa shape index (κ1) is 13.3. The summed E-state index contributed by atoms with van der Waals surface area (Å²) in [5.41, 5.74) is 6.17. The summed E-state index contributed by atoms with van der Waals surface area (Å²) in [6.45, 7) is 4.79. The van der Waals surface area contributed by atoms with E-state index in [4.69, 9.17) is 10.5 Å². The quantitative estimate of drug-likeness (QED) is 0.782. The van der Waals surface area contributed by atoms with Crippen molar-refractivity contribution in [2.24, 2.45) is 5.73 Å². The molecule has 2 atom stereocenters. The van der Waals surface area contributed by atoms with E-state index in [2.05, 4.69) is 23.9 Å². The van der Waals surface area contributed by atoms with Gasteiger partial charge in [0.25, 0.3) is 0 Å². The Morgan fingerprint density at radius 1 is 1.41 bits per heavy atom. The van der Waals surface area contributed by atoms with Crippen molar-refractivity contribution in [3.05, 3.63) is 0 Å². The maximum Gasteiger partial charge on any atom is 0.0662 e. The lowest BCUT2D eigenvalue weighted by atomic mass is 9.87. The molecule has 2 N–H and O–H groups in total. The topological polar surface area (TPSA) is 41.7 Å². The molecule has 2 rings (SSSR count). The van der Waals surface area contributed by atoms with Gasteiger partial charge in [0.15, 0.2) is 0 Å². The Kier molecular flexibility index (Phi) is 4.42. The number of nitrogens with two attached hydrogens (primary N) is 1. The molecule has 0 aromatic heterocycles. The zero-order valence-corrected chi connectivity index (χ0v) is 11.3. The Hall–Kier alpha value is -0.160. The first-order chi connectivity index (χ1) is 8.18. The van der Waals surface area contributed by atoms with Crippen molar-refractivity contribution in [2.75, 3.05) is 46.9 Å². The summed E-state index contributed by atoms with van der Waals surface area (Å²) in [6.07, 6.45) is 4.94. The predicted molar refractivity (Wildman–Crippen MR) is 70.1 cm³/mol. The van der Waals surface area contributed by atoms with E-state index in [-0.39, 0.29) is 5.54 Å². The molecule has 2 aliphatic heterocycles. The zero-order chi connectivity index (χ0) is 12.3. The van der Waals surface area contributed by atoms with Crippen LogP contribution in [0.25, 0.3) is 0 Å². The third kappa shape index (κ3) is 2.81. The maximum atomic E-state index is 6.06. The fourth-order valence-corrected chi connectivity index (χ4v) is 3.18. The molecule has 2 heterocycles. The van der Waals surface area contributed by atoms with Crippen LogP contribution in [0.1, 0.15) is 25.7 Å². The Labute approximate surface area is 105 Å². The molecule has 2 fully saturated rings. The molecule has 0 bridgehead atoms. The van der Waals surface area contributed by atoms with Crippen molar-refractivity contribution < 1.29 is 4.74 Å². The first-order valence-electron chi connectivity index (χ1n) is 6.87. The van der Waals surface area contributed by atoms with E-state index >= 15 is 0 Å². The highest BCUT2D eigenvalue weighted by Crippen LogP contribution is 2.29. The van der Waals surface area contributed by atoms with Gasteiger partial charge in [0.05, 0.1) is 12.1 Å². The zero-order valence-electron chi connectivity index (χ0n) is 11.3. The summed E-state index contributed by atoms with van der Waals surface area (Å²) in [4.78, 5) is 4.94. The molecule has 0 spiro atoms. The van der Waals surface area contributed by atoms with Crippen LogP contribution in [0.3, 0.4) is 0 Å². The highest BCUT2D eigenvalue weighted by atomic mass is 16.5. The maximum absolute atomic E-state index is 6.06. The standard InChI is InChI=1S/C13H27N3O/c1-15(2)12-5-3-7-16(9-12)13(10-14)6-4-8-17-11-13/h12H,3-11,14H2,1-2H3. The van der Waals surface area contributed by atoms with Crippen LogP contribution in [0.4, 0.5) is 0 Å². The number of likely N-dealkylation sites (N-methyl/N-ethyl adjacent to an activating group) is 1. The molecule has 2 unspecified atom stereocenters. The van der Waals surface area contributed by atoms with Gasteiger partial charge in [-0.15, -0.1) is 0 Å². The van der Waals surface area contributed by atoms with Crippen molar-refractivity contribution >= 4 is 0 Å². The average molecular weight is 241 g/mol. The first-order valence-corrected chi connectivity index (χ1v) is 6.87. The number of hydrogen-bond donors (Lipinski definition) is 1. The third-order valence-corrected chi connectivity index (χ3v) is 4.48. The average Bonchev–Trinajstić information content (AvgIpc) is 2.39. The molecule has 0 radical (unpaired) electrons. The molecule has 0 aromatic carbocycles. The Balaban J connectivity index is 2.03. The predicted octanol–water partition coefficient (Wildman–Crippen LogP) is 0.520. The van der Waals surface area contributed by atoms with E-state index in [9.17, 15) is 0 Å². The van der Waals surface area contributed by atoms with Crippen molar-refractivity contribution in [1.82, 2.24) is 9.80 Å². The minimum Gasteiger partial charge on any atom is -0.379 e. The van der Waals surface area contributed by atoms with Gasteiger partial charge in [-0.3, -0.25) is 4.90 Å². The van der Waals surface area contributed by atoms with Crippen molar-refractivity contribution in [1.29, 1.82) is 0 Å². The van der Waals surface area contributed by atoms with Crippen LogP contribution in [-0.2, 0) is 4.74 Å². The highest BCUT2D eigenvalue weighted by molar-refractivity contribution is 4.96. The van der Waals surface area contributed by atoms with Crippen molar-refractivity contribution in [3.63, 3.8) is 0 Å². The van der Waals surface area contributed by atoms with Gasteiger partial charge in [-0.05, 0) is 46.3 Å². The largest absolute Gasteiger partial charge is 0.379 e. The van der Waals surface area contributed by atoms with Gasteiger partial charge in [0.2, 0.25) is 0 Å². The molecule has 2 aliphatic rings. The number of rotatable bonds is 3. The minimum atomic E-state index is 0.118. The summed E-state index contributed by atoms with van der Waals surface area (Å²) in [5.74, 6) is 0. The molecule has 2 saturated heterocycles. The summed E-state index contributed by atoms with van der Waals surface area (Å²) in [6, 6.07) is 0.675. The van der Waals surface area contributed by atoms with Gasteiger partial charge < -0.3 is 15.4 Å². The van der Waals surface area contributed by atoms with Gasteiger partial charge in [0.1, 0.15) is 0 Å². The van der Waals surface area contributed by atoms with Gasteiger partial charge in [0, 0.05) is 25.7 Å². The van der Waals surface area contributed by atoms with Crippen LogP contribution in [0.15, 0.2) is 0 Å². The number of likely N-dealkylation sites (tertiary alicyclic amines) is 1. The van der Waals surface area contributed by atoms with Crippen LogP contribution in [0.5, 0.6) is 0 Å². The summed E-state index contributed by atoms with van der Waals surface area (Å²) in [7, 11) is 4.36. The number of ether oxygens (including phenoxy) is 1. The van der Waals surface area contributed by atoms with Crippen LogP contribution >= 0.6 is 0 Å². The normalized spacial score (nSPS) is 36.4. The minimum absolute atomic E-state index is 0.118. The summed E-state index contributed by atoms with van der Waals surface area (Å²) >= 11 is 0. The van der Waals surface area contributed by atoms with E-state index in [0.29, 0.717) is 6.04 Å². The molecular formula is C13H27N3O. The smallest absolute Gasteiger partial charge is 0.0662 e. The van der Waals surface area contributed by atoms with Crippen LogP contribution in [-0.4, -0.2) is 68.3 Å². The third-order valence-electron chi connectivity index (χ3n) is 4.48. The Morgan fingerprint density at radius 2 is 2.24 bits per heavy atom. The Morgan fingerprint density at radius 3 is 2.82 bits per heavy atom. The molecule has 0 aromatic rings. The van der Waals surface area contributed by atoms with Crippen LogP contribution in [0, 0.1) is 0 Å². The lowest BCUT2D eigenvalue weighted by molar-refractivity contribution is -0.0621. The summed E-state index contributed by atoms with van der Waals surface area (Å²) in [5, 5.41) is 0. The molecular weight excluding hydrogens is 214 g/mol. The van der Waals surface area contributed by atoms with Crippen LogP contribution in [0.2, 0.25) is 0 Å². The van der Waals surface area contributed by atoms with Gasteiger partial charge >= 0.3 is 0 Å². The van der Waals surface area contributed by atoms with Gasteiger partial charge in [-0.25, -0.2) is 0 Å². The molecule has 4 nitrogen and oxygen atoms in total. The second-order valence-corrected chi connectivity index (χ2v) is 5.79. The van der Waals surface area contributed by atoms with E-state index in [0.717, 1.165) is 32.7 Å². The second kappa shape index (κ2) is 5.65. The van der Waals surface area contributed by atoms with Crippen molar-refractivity contribution in [2.45, 2.75) is 37.3 Å². The number of hydrogen-bond acceptors (Lipinski definition) is 4. The lowest BCUT2D eigenvalue weighted by Crippen LogP contribution is -2.62. The van der Waals surface area contributed by atoms with Crippen LogP contribution < -0.4 is 5.73 Å². The highest BCUT2D eigenvalue weighted by Gasteiger charge is 2.40. The van der Waals surface area contributed by atoms with Gasteiger partial charge in [-0.2, -0.15) is 0 Å². The number of nitrogens with zero attached hydrogens (tertiary/aromatic N) is 2. The second-order valence-electron chi connectivity index (χ2n) is 5.79. The fraction of sp³-hybridized carbons (Fsp3) is 1.00. The molecule has 0 saturated carbocycles. The van der Waals surface area contributed by atoms with E-state index in [1.165, 1.54) is 25.8 Å². The summed E-state index contributed by atoms with van der Waals surface area (Å²) < 4.78 is 5.69. The number of piperidine rings is 1. The molecule has 0 aliphatic carbocycles. The SMILES string of the molecule is CN(C)C1CCCN(C2(CN)CCCOC2)C1. The molecule has 100 valence electrons. The Bertz CT molecular complexity index is 239. The van der Waals surface area contributed by atoms with E-state index < -0.39 is 0 Å².